The Hall–Kier alpha value is -0.950. The highest BCUT2D eigenvalue weighted by Crippen LogP contribution is 2.36. The zero-order valence-electron chi connectivity index (χ0n) is 26.5. The van der Waals surface area contributed by atoms with Gasteiger partial charge in [0.2, 0.25) is 0 Å². The molecular weight excluding hydrogens is 543 g/mol. The predicted molar refractivity (Wildman–Crippen MR) is 166 cm³/mol. The first-order valence-electron chi connectivity index (χ1n) is 16.8. The van der Waals surface area contributed by atoms with E-state index >= 15 is 0 Å². The highest BCUT2D eigenvalue weighted by atomic mass is 31.2. The third-order valence-electron chi connectivity index (χ3n) is 7.38. The fraction of sp³-hybridized carbons (Fsp3) is 0.938. The SMILES string of the molecule is CCCCCCCCCCCCCCCC(=O)OC[C@H](COP(=O)(O)O)OC(=O)CCCCCCCCCCCC. The molecule has 0 unspecified atom stereocenters. The summed E-state index contributed by atoms with van der Waals surface area (Å²) in [6.07, 6.45) is 26.8. The zero-order valence-corrected chi connectivity index (χ0v) is 27.4. The van der Waals surface area contributed by atoms with Crippen molar-refractivity contribution in [2.45, 2.75) is 180 Å². The molecule has 0 spiro atoms. The number of unbranched alkanes of at least 4 members (excludes halogenated alkanes) is 21. The summed E-state index contributed by atoms with van der Waals surface area (Å²) in [7, 11) is -4.73. The number of phosphoric acid groups is 1. The van der Waals surface area contributed by atoms with E-state index in [1.165, 1.54) is 103 Å². The number of hydrogen-bond donors (Lipinski definition) is 2. The van der Waals surface area contributed by atoms with Gasteiger partial charge in [-0.1, -0.05) is 149 Å². The molecule has 0 radical (unpaired) electrons. The summed E-state index contributed by atoms with van der Waals surface area (Å²) in [4.78, 5) is 42.4. The van der Waals surface area contributed by atoms with E-state index in [0.29, 0.717) is 6.42 Å². The van der Waals surface area contributed by atoms with Gasteiger partial charge in [0.05, 0.1) is 6.61 Å². The minimum Gasteiger partial charge on any atom is -0.462 e. The fourth-order valence-electron chi connectivity index (χ4n) is 4.84. The van der Waals surface area contributed by atoms with Crippen LogP contribution >= 0.6 is 7.82 Å². The number of carbonyl (C=O) groups is 2. The molecule has 244 valence electrons. The summed E-state index contributed by atoms with van der Waals surface area (Å²) >= 11 is 0. The molecular formula is C32H63O8P. The van der Waals surface area contributed by atoms with Gasteiger partial charge in [-0.15, -0.1) is 0 Å². The minimum absolute atomic E-state index is 0.218. The van der Waals surface area contributed by atoms with Crippen LogP contribution in [0.25, 0.3) is 0 Å². The van der Waals surface area contributed by atoms with Crippen molar-refractivity contribution >= 4 is 19.8 Å². The summed E-state index contributed by atoms with van der Waals surface area (Å²) in [5.74, 6) is -0.878. The largest absolute Gasteiger partial charge is 0.469 e. The Kier molecular flexibility index (Phi) is 28.5. The highest BCUT2D eigenvalue weighted by Gasteiger charge is 2.22. The van der Waals surface area contributed by atoms with E-state index in [-0.39, 0.29) is 19.4 Å². The Labute approximate surface area is 251 Å². The van der Waals surface area contributed by atoms with Crippen LogP contribution in [0.1, 0.15) is 174 Å². The fourth-order valence-corrected chi connectivity index (χ4v) is 5.20. The maximum atomic E-state index is 12.3. The smallest absolute Gasteiger partial charge is 0.462 e. The van der Waals surface area contributed by atoms with Gasteiger partial charge in [0.15, 0.2) is 6.10 Å². The number of phosphoric ester groups is 1. The minimum atomic E-state index is -4.73. The average molecular weight is 607 g/mol. The van der Waals surface area contributed by atoms with E-state index in [9.17, 15) is 14.2 Å². The summed E-state index contributed by atoms with van der Waals surface area (Å²) in [5.41, 5.74) is 0. The van der Waals surface area contributed by atoms with Gasteiger partial charge in [-0.05, 0) is 12.8 Å². The van der Waals surface area contributed by atoms with Gasteiger partial charge in [0.1, 0.15) is 6.61 Å². The number of esters is 2. The van der Waals surface area contributed by atoms with Crippen molar-refractivity contribution in [1.29, 1.82) is 0 Å². The predicted octanol–water partition coefficient (Wildman–Crippen LogP) is 9.34. The van der Waals surface area contributed by atoms with Crippen molar-refractivity contribution in [3.05, 3.63) is 0 Å². The van der Waals surface area contributed by atoms with Crippen molar-refractivity contribution in [3.8, 4) is 0 Å². The van der Waals surface area contributed by atoms with Crippen LogP contribution in [-0.4, -0.2) is 41.0 Å². The van der Waals surface area contributed by atoms with Gasteiger partial charge in [0, 0.05) is 12.8 Å². The van der Waals surface area contributed by atoms with E-state index in [0.717, 1.165) is 38.5 Å². The lowest BCUT2D eigenvalue weighted by atomic mass is 10.0. The average Bonchev–Trinajstić information content (AvgIpc) is 2.93. The van der Waals surface area contributed by atoms with Gasteiger partial charge >= 0.3 is 19.8 Å². The van der Waals surface area contributed by atoms with E-state index in [1.54, 1.807) is 0 Å². The first-order chi connectivity index (χ1) is 19.8. The van der Waals surface area contributed by atoms with Crippen LogP contribution in [0, 0.1) is 0 Å². The molecule has 9 heteroatoms. The molecule has 0 amide bonds. The maximum Gasteiger partial charge on any atom is 0.469 e. The second kappa shape index (κ2) is 29.1. The van der Waals surface area contributed by atoms with Gasteiger partial charge < -0.3 is 19.3 Å². The standard InChI is InChI=1S/C32H63O8P/c1-3-5-7-9-11-13-15-16-17-19-20-22-24-26-31(33)38-28-30(29-39-41(35,36)37)40-32(34)27-25-23-21-18-14-12-10-8-6-4-2/h30H,3-29H2,1-2H3,(H2,35,36,37)/t30-/m1/s1. The second-order valence-electron chi connectivity index (χ2n) is 11.5. The molecule has 0 aromatic carbocycles. The van der Waals surface area contributed by atoms with Crippen molar-refractivity contribution in [2.75, 3.05) is 13.2 Å². The van der Waals surface area contributed by atoms with Crippen LogP contribution in [0.2, 0.25) is 0 Å². The number of rotatable bonds is 31. The first kappa shape index (κ1) is 40.1. The zero-order chi connectivity index (χ0) is 30.4. The first-order valence-corrected chi connectivity index (χ1v) is 18.4. The molecule has 1 atom stereocenters. The van der Waals surface area contributed by atoms with Crippen LogP contribution < -0.4 is 0 Å². The van der Waals surface area contributed by atoms with Crippen LogP contribution in [0.3, 0.4) is 0 Å². The Balaban J connectivity index is 3.97. The molecule has 0 bridgehead atoms. The lowest BCUT2D eigenvalue weighted by Gasteiger charge is -2.18. The number of carbonyl (C=O) groups excluding carboxylic acids is 2. The van der Waals surface area contributed by atoms with E-state index in [2.05, 4.69) is 18.4 Å². The molecule has 0 aromatic heterocycles. The quantitative estimate of drug-likeness (QED) is 0.0455. The molecule has 0 aliphatic rings. The lowest BCUT2D eigenvalue weighted by molar-refractivity contribution is -0.161. The van der Waals surface area contributed by atoms with E-state index in [1.807, 2.05) is 0 Å². The normalized spacial score (nSPS) is 12.4. The highest BCUT2D eigenvalue weighted by molar-refractivity contribution is 7.46. The topological polar surface area (TPSA) is 119 Å². The molecule has 0 fully saturated rings. The van der Waals surface area contributed by atoms with E-state index < -0.39 is 32.5 Å². The Morgan fingerprint density at radius 3 is 1.24 bits per heavy atom. The molecule has 0 heterocycles. The lowest BCUT2D eigenvalue weighted by Crippen LogP contribution is -2.29. The van der Waals surface area contributed by atoms with E-state index in [4.69, 9.17) is 19.3 Å². The van der Waals surface area contributed by atoms with Crippen LogP contribution in [0.5, 0.6) is 0 Å². The van der Waals surface area contributed by atoms with Crippen LogP contribution in [0.15, 0.2) is 0 Å². The summed E-state index contributed by atoms with van der Waals surface area (Å²) in [6.45, 7) is 3.65. The molecule has 0 aliphatic carbocycles. The maximum absolute atomic E-state index is 12.3. The number of hydrogen-bond acceptors (Lipinski definition) is 6. The molecule has 41 heavy (non-hydrogen) atoms. The molecule has 8 nitrogen and oxygen atoms in total. The van der Waals surface area contributed by atoms with Gasteiger partial charge in [0.25, 0.3) is 0 Å². The molecule has 0 saturated heterocycles. The Morgan fingerprint density at radius 2 is 0.878 bits per heavy atom. The van der Waals surface area contributed by atoms with Crippen molar-refractivity contribution in [1.82, 2.24) is 0 Å². The molecule has 0 rings (SSSR count). The second-order valence-corrected chi connectivity index (χ2v) is 12.7. The summed E-state index contributed by atoms with van der Waals surface area (Å²) in [5, 5.41) is 0. The van der Waals surface area contributed by atoms with Gasteiger partial charge in [-0.2, -0.15) is 0 Å². The van der Waals surface area contributed by atoms with Crippen LogP contribution in [0.4, 0.5) is 0 Å². The monoisotopic (exact) mass is 606 g/mol. The molecule has 2 N–H and O–H groups in total. The van der Waals surface area contributed by atoms with Crippen molar-refractivity contribution in [3.63, 3.8) is 0 Å². The molecule has 0 saturated carbocycles. The summed E-state index contributed by atoms with van der Waals surface area (Å²) in [6, 6.07) is 0. The third-order valence-corrected chi connectivity index (χ3v) is 7.86. The van der Waals surface area contributed by atoms with Crippen molar-refractivity contribution in [2.24, 2.45) is 0 Å². The van der Waals surface area contributed by atoms with Crippen molar-refractivity contribution < 1.29 is 37.9 Å². The van der Waals surface area contributed by atoms with Gasteiger partial charge in [-0.3, -0.25) is 14.1 Å². The molecule has 0 aliphatic heterocycles. The van der Waals surface area contributed by atoms with Crippen LogP contribution in [-0.2, 0) is 28.2 Å². The molecule has 0 aromatic rings. The third kappa shape index (κ3) is 31.8. The Bertz CT molecular complexity index is 652. The number of ether oxygens (including phenoxy) is 2. The summed E-state index contributed by atoms with van der Waals surface area (Å²) < 4.78 is 26.2. The van der Waals surface area contributed by atoms with Gasteiger partial charge in [-0.25, -0.2) is 4.57 Å². The Morgan fingerprint density at radius 1 is 0.537 bits per heavy atom.